The number of benzene rings is 2. The van der Waals surface area contributed by atoms with Crippen LogP contribution in [0.1, 0.15) is 29.8 Å². The first kappa shape index (κ1) is 20.3. The summed E-state index contributed by atoms with van der Waals surface area (Å²) in [6.07, 6.45) is 3.61. The Morgan fingerprint density at radius 1 is 0.966 bits per heavy atom. The maximum atomic E-state index is 12.8. The average Bonchev–Trinajstić information content (AvgIpc) is 3.02. The molecule has 0 saturated heterocycles. The zero-order valence-electron chi connectivity index (χ0n) is 17.2. The number of ether oxygens (including phenoxy) is 5. The number of allylic oxidation sites excluding steroid dienone is 2. The van der Waals surface area contributed by atoms with E-state index >= 15 is 0 Å². The molecular formula is C23H24O6. The molecule has 152 valence electrons. The van der Waals surface area contributed by atoms with Gasteiger partial charge in [0, 0.05) is 17.7 Å². The predicted octanol–water partition coefficient (Wildman–Crippen LogP) is 4.67. The highest BCUT2D eigenvalue weighted by molar-refractivity contribution is 6.14. The third-order valence-corrected chi connectivity index (χ3v) is 4.41. The SMILES string of the molecule is COc1cc(OC)c(OC)cc1/C=C1\Oc2cc(OCC=C(C)C)ccc2C1=O. The lowest BCUT2D eigenvalue weighted by molar-refractivity contribution is 0.101. The van der Waals surface area contributed by atoms with Gasteiger partial charge in [-0.15, -0.1) is 0 Å². The number of rotatable bonds is 7. The molecule has 2 aromatic carbocycles. The van der Waals surface area contributed by atoms with E-state index in [0.717, 1.165) is 0 Å². The summed E-state index contributed by atoms with van der Waals surface area (Å²) in [5.41, 5.74) is 2.30. The van der Waals surface area contributed by atoms with Crippen LogP contribution in [-0.4, -0.2) is 33.7 Å². The fourth-order valence-corrected chi connectivity index (χ4v) is 2.87. The Bertz CT molecular complexity index is 983. The molecule has 6 heteroatoms. The van der Waals surface area contributed by atoms with Gasteiger partial charge in [0.05, 0.1) is 26.9 Å². The zero-order valence-corrected chi connectivity index (χ0v) is 17.2. The summed E-state index contributed by atoms with van der Waals surface area (Å²) in [5, 5.41) is 0. The van der Waals surface area contributed by atoms with Crippen LogP contribution in [0.15, 0.2) is 47.7 Å². The van der Waals surface area contributed by atoms with E-state index in [1.807, 2.05) is 19.9 Å². The van der Waals surface area contributed by atoms with Gasteiger partial charge in [0.2, 0.25) is 5.78 Å². The second kappa shape index (κ2) is 8.73. The Kier molecular flexibility index (Phi) is 6.12. The highest BCUT2D eigenvalue weighted by Gasteiger charge is 2.28. The Hall–Kier alpha value is -3.41. The number of hydrogen-bond donors (Lipinski definition) is 0. The molecule has 0 amide bonds. The molecule has 1 aliphatic rings. The van der Waals surface area contributed by atoms with Crippen LogP contribution in [0.2, 0.25) is 0 Å². The Labute approximate surface area is 170 Å². The molecule has 0 atom stereocenters. The lowest BCUT2D eigenvalue weighted by Gasteiger charge is -2.12. The Morgan fingerprint density at radius 2 is 1.66 bits per heavy atom. The monoisotopic (exact) mass is 396 g/mol. The molecule has 0 fully saturated rings. The van der Waals surface area contributed by atoms with Crippen molar-refractivity contribution in [3.63, 3.8) is 0 Å². The standard InChI is InChI=1S/C23H24O6/c1-14(2)8-9-28-16-6-7-17-19(12-16)29-22(23(17)24)11-15-10-20(26-4)21(27-5)13-18(15)25-3/h6-8,10-13H,9H2,1-5H3/b22-11-. The molecule has 6 nitrogen and oxygen atoms in total. The first-order chi connectivity index (χ1) is 14.0. The molecule has 0 bridgehead atoms. The fraction of sp³-hybridized carbons (Fsp3) is 0.261. The van der Waals surface area contributed by atoms with Crippen LogP contribution in [0.25, 0.3) is 6.08 Å². The van der Waals surface area contributed by atoms with Gasteiger partial charge in [-0.2, -0.15) is 0 Å². The van der Waals surface area contributed by atoms with E-state index < -0.39 is 0 Å². The van der Waals surface area contributed by atoms with Crippen molar-refractivity contribution in [1.29, 1.82) is 0 Å². The maximum absolute atomic E-state index is 12.8. The highest BCUT2D eigenvalue weighted by atomic mass is 16.5. The fourth-order valence-electron chi connectivity index (χ4n) is 2.87. The lowest BCUT2D eigenvalue weighted by atomic mass is 10.1. The summed E-state index contributed by atoms with van der Waals surface area (Å²) >= 11 is 0. The molecule has 0 saturated carbocycles. The number of hydrogen-bond acceptors (Lipinski definition) is 6. The minimum Gasteiger partial charge on any atom is -0.496 e. The topological polar surface area (TPSA) is 63.2 Å². The molecule has 0 radical (unpaired) electrons. The molecule has 1 heterocycles. The van der Waals surface area contributed by atoms with E-state index in [4.69, 9.17) is 23.7 Å². The van der Waals surface area contributed by atoms with Crippen LogP contribution in [0.4, 0.5) is 0 Å². The van der Waals surface area contributed by atoms with Crippen molar-refractivity contribution in [1.82, 2.24) is 0 Å². The summed E-state index contributed by atoms with van der Waals surface area (Å²) in [5.74, 6) is 2.70. The smallest absolute Gasteiger partial charge is 0.231 e. The van der Waals surface area contributed by atoms with Gasteiger partial charge in [-0.05, 0) is 44.2 Å². The lowest BCUT2D eigenvalue weighted by Crippen LogP contribution is -2.00. The van der Waals surface area contributed by atoms with Crippen molar-refractivity contribution >= 4 is 11.9 Å². The second-order valence-corrected chi connectivity index (χ2v) is 6.64. The van der Waals surface area contributed by atoms with Crippen LogP contribution in [-0.2, 0) is 0 Å². The van der Waals surface area contributed by atoms with E-state index in [1.165, 1.54) is 5.57 Å². The van der Waals surface area contributed by atoms with E-state index in [-0.39, 0.29) is 11.5 Å². The Morgan fingerprint density at radius 3 is 2.31 bits per heavy atom. The molecule has 0 spiro atoms. The predicted molar refractivity (Wildman–Crippen MR) is 110 cm³/mol. The van der Waals surface area contributed by atoms with E-state index in [2.05, 4.69) is 0 Å². The summed E-state index contributed by atoms with van der Waals surface area (Å²) in [6.45, 7) is 4.47. The van der Waals surface area contributed by atoms with Gasteiger partial charge < -0.3 is 23.7 Å². The summed E-state index contributed by atoms with van der Waals surface area (Å²) < 4.78 is 27.6. The quantitative estimate of drug-likeness (QED) is 0.500. The van der Waals surface area contributed by atoms with Crippen LogP contribution >= 0.6 is 0 Å². The molecular weight excluding hydrogens is 372 g/mol. The molecule has 3 rings (SSSR count). The Balaban J connectivity index is 1.89. The van der Waals surface area contributed by atoms with Crippen LogP contribution in [0, 0.1) is 0 Å². The third-order valence-electron chi connectivity index (χ3n) is 4.41. The van der Waals surface area contributed by atoms with E-state index in [9.17, 15) is 4.79 Å². The first-order valence-corrected chi connectivity index (χ1v) is 9.11. The normalized spacial score (nSPS) is 13.6. The molecule has 0 aromatic heterocycles. The number of carbonyl (C=O) groups excluding carboxylic acids is 1. The minimum absolute atomic E-state index is 0.201. The number of methoxy groups -OCH3 is 3. The molecule has 0 N–H and O–H groups in total. The van der Waals surface area contributed by atoms with Gasteiger partial charge in [-0.3, -0.25) is 4.79 Å². The van der Waals surface area contributed by atoms with Crippen molar-refractivity contribution in [2.45, 2.75) is 13.8 Å². The van der Waals surface area contributed by atoms with E-state index in [1.54, 1.807) is 57.7 Å². The van der Waals surface area contributed by atoms with Crippen molar-refractivity contribution in [3.8, 4) is 28.7 Å². The highest BCUT2D eigenvalue weighted by Crippen LogP contribution is 2.39. The zero-order chi connectivity index (χ0) is 21.0. The van der Waals surface area contributed by atoms with Gasteiger partial charge in [0.15, 0.2) is 17.3 Å². The summed E-state index contributed by atoms with van der Waals surface area (Å²) in [4.78, 5) is 12.8. The maximum Gasteiger partial charge on any atom is 0.231 e. The number of Topliss-reactive ketones (excluding diaryl/α,β-unsaturated/α-hetero) is 1. The van der Waals surface area contributed by atoms with Crippen molar-refractivity contribution in [3.05, 3.63) is 58.9 Å². The molecule has 0 aliphatic carbocycles. The second-order valence-electron chi connectivity index (χ2n) is 6.64. The number of carbonyl (C=O) groups is 1. The first-order valence-electron chi connectivity index (χ1n) is 9.11. The molecule has 1 aliphatic heterocycles. The number of fused-ring (bicyclic) bond motifs is 1. The van der Waals surface area contributed by atoms with Crippen molar-refractivity contribution < 1.29 is 28.5 Å². The summed E-state index contributed by atoms with van der Waals surface area (Å²) in [6, 6.07) is 8.63. The van der Waals surface area contributed by atoms with Crippen LogP contribution in [0.5, 0.6) is 28.7 Å². The molecule has 2 aromatic rings. The third kappa shape index (κ3) is 4.37. The summed E-state index contributed by atoms with van der Waals surface area (Å²) in [7, 11) is 4.64. The van der Waals surface area contributed by atoms with Gasteiger partial charge in [-0.1, -0.05) is 5.57 Å². The van der Waals surface area contributed by atoms with E-state index in [0.29, 0.717) is 46.5 Å². The van der Waals surface area contributed by atoms with Crippen LogP contribution < -0.4 is 23.7 Å². The number of ketones is 1. The minimum atomic E-state index is -0.201. The van der Waals surface area contributed by atoms with Gasteiger partial charge in [0.25, 0.3) is 0 Å². The van der Waals surface area contributed by atoms with Crippen molar-refractivity contribution in [2.75, 3.05) is 27.9 Å². The average molecular weight is 396 g/mol. The van der Waals surface area contributed by atoms with Gasteiger partial charge >= 0.3 is 0 Å². The van der Waals surface area contributed by atoms with Gasteiger partial charge in [0.1, 0.15) is 23.9 Å². The van der Waals surface area contributed by atoms with Crippen molar-refractivity contribution in [2.24, 2.45) is 0 Å². The van der Waals surface area contributed by atoms with Crippen LogP contribution in [0.3, 0.4) is 0 Å². The molecule has 0 unspecified atom stereocenters. The molecule has 29 heavy (non-hydrogen) atoms. The van der Waals surface area contributed by atoms with Gasteiger partial charge in [-0.25, -0.2) is 0 Å². The largest absolute Gasteiger partial charge is 0.496 e.